The van der Waals surface area contributed by atoms with Gasteiger partial charge >= 0.3 is 0 Å². The van der Waals surface area contributed by atoms with Crippen molar-refractivity contribution in [3.63, 3.8) is 0 Å². The number of halogens is 1. The van der Waals surface area contributed by atoms with Crippen LogP contribution < -0.4 is 5.32 Å². The first kappa shape index (κ1) is 11.0. The molecule has 0 unspecified atom stereocenters. The fourth-order valence-corrected chi connectivity index (χ4v) is 1.61. The smallest absolute Gasteiger partial charge is 0.131 e. The summed E-state index contributed by atoms with van der Waals surface area (Å²) in [7, 11) is 1.99. The molecule has 0 radical (unpaired) electrons. The predicted octanol–water partition coefficient (Wildman–Crippen LogP) is 2.12. The maximum atomic E-state index is 5.78. The highest BCUT2D eigenvalue weighted by atomic mass is 35.5. The number of rotatable bonds is 4. The Bertz CT molecular complexity index is 467. The van der Waals surface area contributed by atoms with Crippen molar-refractivity contribution in [1.82, 2.24) is 14.5 Å². The monoisotopic (exact) mass is 236 g/mol. The fourth-order valence-electron chi connectivity index (χ4n) is 1.45. The number of aryl methyl sites for hydroxylation is 1. The summed E-state index contributed by atoms with van der Waals surface area (Å²) < 4.78 is 2.01. The van der Waals surface area contributed by atoms with Crippen molar-refractivity contribution in [2.24, 2.45) is 7.05 Å². The molecular formula is C11H13ClN4. The maximum absolute atomic E-state index is 5.78. The van der Waals surface area contributed by atoms with Crippen molar-refractivity contribution in [2.45, 2.75) is 6.42 Å². The highest BCUT2D eigenvalue weighted by molar-refractivity contribution is 6.29. The van der Waals surface area contributed by atoms with Crippen molar-refractivity contribution < 1.29 is 0 Å². The largest absolute Gasteiger partial charge is 0.370 e. The SMILES string of the molecule is Cn1ccnc1CCNc1cccc(Cl)n1. The highest BCUT2D eigenvalue weighted by Crippen LogP contribution is 2.09. The van der Waals surface area contributed by atoms with Crippen molar-refractivity contribution in [1.29, 1.82) is 0 Å². The van der Waals surface area contributed by atoms with Gasteiger partial charge in [-0.1, -0.05) is 17.7 Å². The molecule has 5 heteroatoms. The lowest BCUT2D eigenvalue weighted by molar-refractivity contribution is 0.788. The summed E-state index contributed by atoms with van der Waals surface area (Å²) in [4.78, 5) is 8.38. The second-order valence-corrected chi connectivity index (χ2v) is 3.86. The van der Waals surface area contributed by atoms with Gasteiger partial charge in [0.1, 0.15) is 16.8 Å². The van der Waals surface area contributed by atoms with Crippen molar-refractivity contribution in [3.8, 4) is 0 Å². The predicted molar refractivity (Wildman–Crippen MR) is 64.6 cm³/mol. The minimum Gasteiger partial charge on any atom is -0.370 e. The molecule has 4 nitrogen and oxygen atoms in total. The summed E-state index contributed by atoms with van der Waals surface area (Å²) in [6, 6.07) is 5.52. The summed E-state index contributed by atoms with van der Waals surface area (Å²) in [5.41, 5.74) is 0. The molecule has 0 aliphatic heterocycles. The van der Waals surface area contributed by atoms with Gasteiger partial charge in [0.25, 0.3) is 0 Å². The normalized spacial score (nSPS) is 10.4. The van der Waals surface area contributed by atoms with Crippen LogP contribution in [0.25, 0.3) is 0 Å². The quantitative estimate of drug-likeness (QED) is 0.827. The Morgan fingerprint density at radius 1 is 1.44 bits per heavy atom. The number of aromatic nitrogens is 3. The van der Waals surface area contributed by atoms with Gasteiger partial charge in [-0.2, -0.15) is 0 Å². The molecule has 0 fully saturated rings. The zero-order valence-corrected chi connectivity index (χ0v) is 9.78. The number of hydrogen-bond acceptors (Lipinski definition) is 3. The van der Waals surface area contributed by atoms with E-state index >= 15 is 0 Å². The van der Waals surface area contributed by atoms with E-state index < -0.39 is 0 Å². The molecule has 1 N–H and O–H groups in total. The van der Waals surface area contributed by atoms with Crippen molar-refractivity contribution in [2.75, 3.05) is 11.9 Å². The minimum atomic E-state index is 0.502. The first-order chi connectivity index (χ1) is 7.75. The second-order valence-electron chi connectivity index (χ2n) is 3.48. The Morgan fingerprint density at radius 3 is 3.00 bits per heavy atom. The van der Waals surface area contributed by atoms with Crippen molar-refractivity contribution >= 4 is 17.4 Å². The number of nitrogens with one attached hydrogen (secondary N) is 1. The molecule has 16 heavy (non-hydrogen) atoms. The third-order valence-electron chi connectivity index (χ3n) is 2.29. The molecule has 2 aromatic heterocycles. The third-order valence-corrected chi connectivity index (χ3v) is 2.50. The van der Waals surface area contributed by atoms with Crippen LogP contribution >= 0.6 is 11.6 Å². The van der Waals surface area contributed by atoms with Crippen LogP contribution in [0.5, 0.6) is 0 Å². The third kappa shape index (κ3) is 2.73. The molecular weight excluding hydrogens is 224 g/mol. The molecule has 0 bridgehead atoms. The van der Waals surface area contributed by atoms with Gasteiger partial charge in [0, 0.05) is 32.4 Å². The number of hydrogen-bond donors (Lipinski definition) is 1. The molecule has 0 amide bonds. The van der Waals surface area contributed by atoms with Crippen LogP contribution in [0.4, 0.5) is 5.82 Å². The summed E-state index contributed by atoms with van der Waals surface area (Å²) in [5, 5.41) is 3.70. The number of nitrogens with zero attached hydrogens (tertiary/aromatic N) is 3. The lowest BCUT2D eigenvalue weighted by Crippen LogP contribution is -2.09. The molecule has 0 aromatic carbocycles. The van der Waals surface area contributed by atoms with E-state index in [1.807, 2.05) is 29.9 Å². The van der Waals surface area contributed by atoms with E-state index in [1.54, 1.807) is 12.3 Å². The van der Waals surface area contributed by atoms with E-state index in [9.17, 15) is 0 Å². The summed E-state index contributed by atoms with van der Waals surface area (Å²) in [5.74, 6) is 1.84. The van der Waals surface area contributed by atoms with Crippen LogP contribution in [-0.2, 0) is 13.5 Å². The zero-order valence-electron chi connectivity index (χ0n) is 9.02. The Hall–Kier alpha value is -1.55. The van der Waals surface area contributed by atoms with Gasteiger partial charge in [-0.05, 0) is 12.1 Å². The van der Waals surface area contributed by atoms with Gasteiger partial charge in [0.05, 0.1) is 0 Å². The lowest BCUT2D eigenvalue weighted by Gasteiger charge is -2.05. The molecule has 0 saturated carbocycles. The van der Waals surface area contributed by atoms with E-state index in [0.717, 1.165) is 24.6 Å². The molecule has 2 heterocycles. The molecule has 0 atom stereocenters. The molecule has 0 spiro atoms. The average molecular weight is 237 g/mol. The Balaban J connectivity index is 1.87. The van der Waals surface area contributed by atoms with E-state index in [1.165, 1.54) is 0 Å². The molecule has 84 valence electrons. The van der Waals surface area contributed by atoms with Crippen LogP contribution in [0.2, 0.25) is 5.15 Å². The van der Waals surface area contributed by atoms with Gasteiger partial charge in [-0.3, -0.25) is 0 Å². The lowest BCUT2D eigenvalue weighted by atomic mass is 10.4. The Morgan fingerprint density at radius 2 is 2.31 bits per heavy atom. The number of imidazole rings is 1. The van der Waals surface area contributed by atoms with Gasteiger partial charge in [0.15, 0.2) is 0 Å². The van der Waals surface area contributed by atoms with E-state index in [2.05, 4.69) is 15.3 Å². The molecule has 2 aromatic rings. The first-order valence-corrected chi connectivity index (χ1v) is 5.46. The maximum Gasteiger partial charge on any atom is 0.131 e. The zero-order chi connectivity index (χ0) is 11.4. The van der Waals surface area contributed by atoms with Crippen LogP contribution in [0, 0.1) is 0 Å². The summed E-state index contributed by atoms with van der Waals surface area (Å²) >= 11 is 5.78. The highest BCUT2D eigenvalue weighted by Gasteiger charge is 1.99. The molecule has 2 rings (SSSR count). The van der Waals surface area contributed by atoms with E-state index in [-0.39, 0.29) is 0 Å². The summed E-state index contributed by atoms with van der Waals surface area (Å²) in [6.45, 7) is 0.790. The van der Waals surface area contributed by atoms with Crippen LogP contribution in [-0.4, -0.2) is 21.1 Å². The number of anilines is 1. The fraction of sp³-hybridized carbons (Fsp3) is 0.273. The molecule has 0 aliphatic carbocycles. The standard InChI is InChI=1S/C11H13ClN4/c1-16-8-7-14-11(16)5-6-13-10-4-2-3-9(12)15-10/h2-4,7-8H,5-6H2,1H3,(H,13,15). The van der Waals surface area contributed by atoms with Gasteiger partial charge < -0.3 is 9.88 Å². The molecule has 0 saturated heterocycles. The Labute approximate surface area is 99.3 Å². The van der Waals surface area contributed by atoms with Crippen molar-refractivity contribution in [3.05, 3.63) is 41.6 Å². The first-order valence-electron chi connectivity index (χ1n) is 5.08. The Kier molecular flexibility index (Phi) is 3.41. The van der Waals surface area contributed by atoms with Crippen LogP contribution in [0.1, 0.15) is 5.82 Å². The average Bonchev–Trinajstić information content (AvgIpc) is 2.65. The van der Waals surface area contributed by atoms with E-state index in [0.29, 0.717) is 5.15 Å². The van der Waals surface area contributed by atoms with Gasteiger partial charge in [-0.25, -0.2) is 9.97 Å². The topological polar surface area (TPSA) is 42.7 Å². The molecule has 0 aliphatic rings. The number of pyridine rings is 1. The van der Waals surface area contributed by atoms with Crippen LogP contribution in [0.3, 0.4) is 0 Å². The van der Waals surface area contributed by atoms with Crippen LogP contribution in [0.15, 0.2) is 30.6 Å². The second kappa shape index (κ2) is 4.99. The van der Waals surface area contributed by atoms with Gasteiger partial charge in [0.2, 0.25) is 0 Å². The minimum absolute atomic E-state index is 0.502. The summed E-state index contributed by atoms with van der Waals surface area (Å²) in [6.07, 6.45) is 4.59. The van der Waals surface area contributed by atoms with Gasteiger partial charge in [-0.15, -0.1) is 0 Å². The van der Waals surface area contributed by atoms with E-state index in [4.69, 9.17) is 11.6 Å².